The minimum Gasteiger partial charge on any atom is -0.434 e. The number of nitrogens with one attached hydrogen (secondary N) is 2. The molecule has 0 aromatic heterocycles. The van der Waals surface area contributed by atoms with Gasteiger partial charge in [0.1, 0.15) is 6.04 Å². The smallest absolute Gasteiger partial charge is 0.305 e. The lowest BCUT2D eigenvalue weighted by Crippen LogP contribution is -2.52. The molecule has 2 amide bonds. The Balaban J connectivity index is 2.03. The quantitative estimate of drug-likeness (QED) is 0.485. The molecule has 1 aliphatic heterocycles. The van der Waals surface area contributed by atoms with Gasteiger partial charge in [-0.2, -0.15) is 0 Å². The molecule has 148 valence electrons. The molecule has 0 saturated carbocycles. The minimum absolute atomic E-state index is 0.191. The van der Waals surface area contributed by atoms with Crippen LogP contribution in [0.5, 0.6) is 0 Å². The Morgan fingerprint density at radius 3 is 2.52 bits per heavy atom. The number of carbonyl (C=O) groups is 3. The van der Waals surface area contributed by atoms with Crippen molar-refractivity contribution >= 4 is 23.5 Å². The van der Waals surface area contributed by atoms with Crippen molar-refractivity contribution in [2.45, 2.75) is 52.0 Å². The predicted molar refractivity (Wildman–Crippen MR) is 99.6 cm³/mol. The zero-order valence-electron chi connectivity index (χ0n) is 15.9. The molecular formula is C19H27N3O5. The van der Waals surface area contributed by atoms with Crippen LogP contribution in [0.3, 0.4) is 0 Å². The van der Waals surface area contributed by atoms with Crippen LogP contribution in [0.25, 0.3) is 0 Å². The zero-order chi connectivity index (χ0) is 20.0. The van der Waals surface area contributed by atoms with Crippen LogP contribution in [0.1, 0.15) is 44.0 Å². The standard InChI is InChI=1S/C19H27N3O5/c1-11(2)10-16(22-17(24)13-4-6-14(20)7-5-13)18(25)21-15-8-9-26-19(15)27-12(3)23/h4-7,11,15-16,19H,8-10,20H2,1-3H3,(H,21,25)(H,22,24)/t15-,16-,19-/m0/s1. The molecule has 1 heterocycles. The van der Waals surface area contributed by atoms with Crippen molar-refractivity contribution in [3.05, 3.63) is 29.8 Å². The Hall–Kier alpha value is -2.61. The number of esters is 1. The van der Waals surface area contributed by atoms with Crippen molar-refractivity contribution in [1.82, 2.24) is 10.6 Å². The van der Waals surface area contributed by atoms with Crippen LogP contribution >= 0.6 is 0 Å². The maximum atomic E-state index is 12.7. The Kier molecular flexibility index (Phi) is 7.18. The summed E-state index contributed by atoms with van der Waals surface area (Å²) in [4.78, 5) is 36.4. The third kappa shape index (κ3) is 6.25. The Bertz CT molecular complexity index is 674. The second-order valence-electron chi connectivity index (χ2n) is 7.03. The summed E-state index contributed by atoms with van der Waals surface area (Å²) in [6, 6.07) is 5.32. The van der Waals surface area contributed by atoms with E-state index in [1.165, 1.54) is 6.92 Å². The fourth-order valence-corrected chi connectivity index (χ4v) is 2.85. The molecule has 1 aromatic rings. The number of carbonyl (C=O) groups excluding carboxylic acids is 3. The highest BCUT2D eigenvalue weighted by atomic mass is 16.7. The van der Waals surface area contributed by atoms with Crippen LogP contribution in [0, 0.1) is 5.92 Å². The predicted octanol–water partition coefficient (Wildman–Crippen LogP) is 1.21. The molecule has 3 atom stereocenters. The Morgan fingerprint density at radius 2 is 1.93 bits per heavy atom. The van der Waals surface area contributed by atoms with Gasteiger partial charge in [0.2, 0.25) is 12.2 Å². The Labute approximate surface area is 158 Å². The largest absolute Gasteiger partial charge is 0.434 e. The van der Waals surface area contributed by atoms with Gasteiger partial charge in [-0.3, -0.25) is 14.4 Å². The van der Waals surface area contributed by atoms with Crippen LogP contribution in [-0.2, 0) is 19.1 Å². The lowest BCUT2D eigenvalue weighted by molar-refractivity contribution is -0.170. The number of rotatable bonds is 7. The van der Waals surface area contributed by atoms with Crippen molar-refractivity contribution in [3.8, 4) is 0 Å². The van der Waals surface area contributed by atoms with Crippen LogP contribution in [-0.4, -0.2) is 42.8 Å². The first-order valence-corrected chi connectivity index (χ1v) is 9.02. The van der Waals surface area contributed by atoms with Crippen molar-refractivity contribution in [1.29, 1.82) is 0 Å². The molecule has 4 N–H and O–H groups in total. The lowest BCUT2D eigenvalue weighted by Gasteiger charge is -2.24. The van der Waals surface area contributed by atoms with Gasteiger partial charge in [0, 0.05) is 18.2 Å². The summed E-state index contributed by atoms with van der Waals surface area (Å²) in [7, 11) is 0. The van der Waals surface area contributed by atoms with E-state index in [2.05, 4.69) is 10.6 Å². The Morgan fingerprint density at radius 1 is 1.26 bits per heavy atom. The number of hydrogen-bond acceptors (Lipinski definition) is 6. The fourth-order valence-electron chi connectivity index (χ4n) is 2.85. The molecule has 1 aromatic carbocycles. The van der Waals surface area contributed by atoms with E-state index < -0.39 is 24.3 Å². The molecule has 0 unspecified atom stereocenters. The van der Waals surface area contributed by atoms with E-state index in [4.69, 9.17) is 15.2 Å². The second kappa shape index (κ2) is 9.36. The van der Waals surface area contributed by atoms with Gasteiger partial charge < -0.3 is 25.8 Å². The van der Waals surface area contributed by atoms with Crippen molar-refractivity contribution < 1.29 is 23.9 Å². The van der Waals surface area contributed by atoms with E-state index >= 15 is 0 Å². The van der Waals surface area contributed by atoms with E-state index in [-0.39, 0.29) is 17.7 Å². The van der Waals surface area contributed by atoms with Crippen molar-refractivity contribution in [2.75, 3.05) is 12.3 Å². The topological polar surface area (TPSA) is 120 Å². The van der Waals surface area contributed by atoms with Gasteiger partial charge in [-0.05, 0) is 43.0 Å². The summed E-state index contributed by atoms with van der Waals surface area (Å²) in [5.74, 6) is -0.969. The third-order valence-electron chi connectivity index (χ3n) is 4.15. The molecule has 2 rings (SSSR count). The summed E-state index contributed by atoms with van der Waals surface area (Å²) >= 11 is 0. The summed E-state index contributed by atoms with van der Waals surface area (Å²) < 4.78 is 10.4. The molecule has 27 heavy (non-hydrogen) atoms. The number of benzene rings is 1. The zero-order valence-corrected chi connectivity index (χ0v) is 15.9. The van der Waals surface area contributed by atoms with Gasteiger partial charge in [-0.15, -0.1) is 0 Å². The number of amides is 2. The highest BCUT2D eigenvalue weighted by Gasteiger charge is 2.34. The average molecular weight is 377 g/mol. The SMILES string of the molecule is CC(=O)O[C@@H]1OCC[C@@H]1NC(=O)[C@H](CC(C)C)NC(=O)c1ccc(N)cc1. The molecule has 0 radical (unpaired) electrons. The molecular weight excluding hydrogens is 350 g/mol. The highest BCUT2D eigenvalue weighted by molar-refractivity contribution is 5.97. The maximum Gasteiger partial charge on any atom is 0.305 e. The van der Waals surface area contributed by atoms with Crippen molar-refractivity contribution in [3.63, 3.8) is 0 Å². The third-order valence-corrected chi connectivity index (χ3v) is 4.15. The first-order valence-electron chi connectivity index (χ1n) is 9.02. The maximum absolute atomic E-state index is 12.7. The van der Waals surface area contributed by atoms with E-state index in [1.54, 1.807) is 24.3 Å². The molecule has 8 nitrogen and oxygen atoms in total. The summed E-state index contributed by atoms with van der Waals surface area (Å²) in [5.41, 5.74) is 6.62. The number of nitrogens with two attached hydrogens (primary N) is 1. The number of hydrogen-bond donors (Lipinski definition) is 3. The number of anilines is 1. The lowest BCUT2D eigenvalue weighted by atomic mass is 10.0. The minimum atomic E-state index is -0.807. The first-order chi connectivity index (χ1) is 12.8. The van der Waals surface area contributed by atoms with Crippen LogP contribution in [0.15, 0.2) is 24.3 Å². The fraction of sp³-hybridized carbons (Fsp3) is 0.526. The number of nitrogen functional groups attached to an aromatic ring is 1. The monoisotopic (exact) mass is 377 g/mol. The summed E-state index contributed by atoms with van der Waals surface area (Å²) in [6.07, 6.45) is 0.196. The van der Waals surface area contributed by atoms with Gasteiger partial charge >= 0.3 is 5.97 Å². The van der Waals surface area contributed by atoms with E-state index in [0.717, 1.165) is 0 Å². The average Bonchev–Trinajstić information content (AvgIpc) is 3.00. The van der Waals surface area contributed by atoms with Crippen LogP contribution in [0.4, 0.5) is 5.69 Å². The van der Waals surface area contributed by atoms with Crippen LogP contribution < -0.4 is 16.4 Å². The molecule has 1 fully saturated rings. The van der Waals surface area contributed by atoms with Crippen LogP contribution in [0.2, 0.25) is 0 Å². The van der Waals surface area contributed by atoms with E-state index in [9.17, 15) is 14.4 Å². The normalized spacial score (nSPS) is 20.1. The highest BCUT2D eigenvalue weighted by Crippen LogP contribution is 2.16. The van der Waals surface area contributed by atoms with Crippen molar-refractivity contribution in [2.24, 2.45) is 5.92 Å². The molecule has 8 heteroatoms. The first kappa shape index (κ1) is 20.7. The summed E-state index contributed by atoms with van der Waals surface area (Å²) in [6.45, 7) is 5.61. The molecule has 1 aliphatic rings. The molecule has 0 aliphatic carbocycles. The second-order valence-corrected chi connectivity index (χ2v) is 7.03. The van der Waals surface area contributed by atoms with Gasteiger partial charge in [-0.1, -0.05) is 13.8 Å². The van der Waals surface area contributed by atoms with Gasteiger partial charge in [-0.25, -0.2) is 0 Å². The molecule has 0 spiro atoms. The van der Waals surface area contributed by atoms with E-state index in [1.807, 2.05) is 13.8 Å². The van der Waals surface area contributed by atoms with E-state index in [0.29, 0.717) is 30.7 Å². The van der Waals surface area contributed by atoms with Gasteiger partial charge in [0.15, 0.2) is 0 Å². The van der Waals surface area contributed by atoms with Gasteiger partial charge in [0.05, 0.1) is 12.6 Å². The molecule has 0 bridgehead atoms. The number of ether oxygens (including phenoxy) is 2. The molecule has 1 saturated heterocycles. The van der Waals surface area contributed by atoms with Gasteiger partial charge in [0.25, 0.3) is 5.91 Å². The summed E-state index contributed by atoms with van der Waals surface area (Å²) in [5, 5.41) is 5.60.